The zero-order chi connectivity index (χ0) is 17.8. The number of hydrogen-bond donors (Lipinski definition) is 1. The van der Waals surface area contributed by atoms with E-state index in [1.54, 1.807) is 30.4 Å². The van der Waals surface area contributed by atoms with Crippen molar-refractivity contribution in [2.75, 3.05) is 31.6 Å². The summed E-state index contributed by atoms with van der Waals surface area (Å²) in [4.78, 5) is 34.2. The minimum Gasteiger partial charge on any atom is -0.373 e. The first-order valence-corrected chi connectivity index (χ1v) is 8.20. The molecule has 3 heterocycles. The highest BCUT2D eigenvalue weighted by molar-refractivity contribution is 6.33. The van der Waals surface area contributed by atoms with Gasteiger partial charge in [0.1, 0.15) is 0 Å². The van der Waals surface area contributed by atoms with Gasteiger partial charge in [0.25, 0.3) is 11.5 Å². The molecule has 1 aliphatic heterocycles. The number of rotatable bonds is 4. The molecule has 1 fully saturated rings. The summed E-state index contributed by atoms with van der Waals surface area (Å²) in [5.74, 6) is 0.101. The average Bonchev–Trinajstić information content (AvgIpc) is 2.63. The van der Waals surface area contributed by atoms with Crippen molar-refractivity contribution in [3.05, 3.63) is 51.8 Å². The highest BCUT2D eigenvalue weighted by atomic mass is 35.5. The smallest absolute Gasteiger partial charge is 0.293 e. The fourth-order valence-electron chi connectivity index (χ4n) is 2.58. The Morgan fingerprint density at radius 1 is 1.48 bits per heavy atom. The zero-order valence-corrected chi connectivity index (χ0v) is 14.4. The topological polar surface area (TPSA) is 89.3 Å². The molecule has 25 heavy (non-hydrogen) atoms. The summed E-state index contributed by atoms with van der Waals surface area (Å²) in [6.45, 7) is 1.68. The van der Waals surface area contributed by atoms with Crippen molar-refractivity contribution < 1.29 is 9.53 Å². The molecule has 0 saturated carbocycles. The second-order valence-corrected chi connectivity index (χ2v) is 6.08. The quantitative estimate of drug-likeness (QED) is 0.863. The molecule has 2 aromatic rings. The van der Waals surface area contributed by atoms with Crippen LogP contribution in [0.15, 0.2) is 35.6 Å². The lowest BCUT2D eigenvalue weighted by atomic mass is 10.2. The van der Waals surface area contributed by atoms with Crippen LogP contribution in [0, 0.1) is 0 Å². The predicted molar refractivity (Wildman–Crippen MR) is 92.9 cm³/mol. The molecule has 1 N–H and O–H groups in total. The first-order chi connectivity index (χ1) is 12.1. The molecule has 1 aliphatic rings. The maximum atomic E-state index is 12.6. The minimum atomic E-state index is -0.245. The molecule has 0 aliphatic carbocycles. The molecule has 2 aromatic heterocycles. The lowest BCUT2D eigenvalue weighted by Crippen LogP contribution is -2.48. The number of aryl methyl sites for hydroxylation is 1. The molecule has 3 rings (SSSR count). The number of morpholine rings is 1. The molecule has 0 unspecified atom stereocenters. The van der Waals surface area contributed by atoms with Crippen LogP contribution in [0.3, 0.4) is 0 Å². The molecule has 1 amide bonds. The molecule has 0 radical (unpaired) electrons. The number of carbonyl (C=O) groups is 1. The van der Waals surface area contributed by atoms with E-state index >= 15 is 0 Å². The van der Waals surface area contributed by atoms with Crippen molar-refractivity contribution in [1.82, 2.24) is 19.4 Å². The van der Waals surface area contributed by atoms with Crippen LogP contribution in [0.5, 0.6) is 0 Å². The van der Waals surface area contributed by atoms with Crippen LogP contribution in [0.1, 0.15) is 10.4 Å². The van der Waals surface area contributed by atoms with Crippen LogP contribution in [-0.2, 0) is 11.8 Å². The number of aromatic nitrogens is 3. The molecule has 0 spiro atoms. The third-order valence-electron chi connectivity index (χ3n) is 3.94. The Kier molecular flexibility index (Phi) is 5.30. The summed E-state index contributed by atoms with van der Waals surface area (Å²) >= 11 is 6.05. The molecular formula is C16H18ClN5O3. The zero-order valence-electron chi connectivity index (χ0n) is 13.7. The van der Waals surface area contributed by atoms with E-state index in [9.17, 15) is 9.59 Å². The highest BCUT2D eigenvalue weighted by Crippen LogP contribution is 2.17. The molecule has 132 valence electrons. The van der Waals surface area contributed by atoms with E-state index in [1.807, 2.05) is 0 Å². The van der Waals surface area contributed by atoms with Gasteiger partial charge in [-0.3, -0.25) is 14.6 Å². The Morgan fingerprint density at radius 2 is 2.32 bits per heavy atom. The first-order valence-electron chi connectivity index (χ1n) is 7.82. The number of carbonyl (C=O) groups excluding carboxylic acids is 1. The van der Waals surface area contributed by atoms with Gasteiger partial charge in [0.2, 0.25) is 0 Å². The van der Waals surface area contributed by atoms with Crippen LogP contribution in [0.2, 0.25) is 5.02 Å². The molecule has 1 atom stereocenters. The van der Waals surface area contributed by atoms with Gasteiger partial charge in [-0.15, -0.1) is 0 Å². The van der Waals surface area contributed by atoms with E-state index in [0.717, 1.165) is 0 Å². The number of nitrogens with zero attached hydrogens (tertiary/aromatic N) is 4. The molecule has 8 nitrogen and oxygen atoms in total. The standard InChI is InChI=1S/C16H18ClN5O3/c1-21-5-4-19-14(16(21)24)20-8-11-10-22(6-7-25-11)15(23)12-2-3-18-9-13(12)17/h2-5,9,11H,6-8,10H2,1H3,(H,19,20)/t11-/m0/s1. The molecule has 1 saturated heterocycles. The molecular weight excluding hydrogens is 346 g/mol. The van der Waals surface area contributed by atoms with Crippen molar-refractivity contribution in [3.8, 4) is 0 Å². The summed E-state index contributed by atoms with van der Waals surface area (Å²) < 4.78 is 7.12. The van der Waals surface area contributed by atoms with Crippen LogP contribution < -0.4 is 10.9 Å². The number of hydrogen-bond acceptors (Lipinski definition) is 6. The summed E-state index contributed by atoms with van der Waals surface area (Å²) in [6.07, 6.45) is 5.88. The summed E-state index contributed by atoms with van der Waals surface area (Å²) in [5, 5.41) is 3.32. The van der Waals surface area contributed by atoms with Crippen LogP contribution in [0.4, 0.5) is 5.82 Å². The van der Waals surface area contributed by atoms with E-state index in [4.69, 9.17) is 16.3 Å². The normalized spacial score (nSPS) is 17.4. The second kappa shape index (κ2) is 7.62. The van der Waals surface area contributed by atoms with Gasteiger partial charge in [-0.25, -0.2) is 4.98 Å². The Labute approximate surface area is 149 Å². The van der Waals surface area contributed by atoms with Gasteiger partial charge in [0, 0.05) is 51.5 Å². The number of anilines is 1. The van der Waals surface area contributed by atoms with Crippen molar-refractivity contribution in [2.24, 2.45) is 7.05 Å². The van der Waals surface area contributed by atoms with Gasteiger partial charge in [0.15, 0.2) is 5.82 Å². The van der Waals surface area contributed by atoms with Crippen LogP contribution >= 0.6 is 11.6 Å². The molecule has 0 aromatic carbocycles. The van der Waals surface area contributed by atoms with Gasteiger partial charge in [-0.05, 0) is 6.07 Å². The lowest BCUT2D eigenvalue weighted by molar-refractivity contribution is -0.0149. The van der Waals surface area contributed by atoms with Crippen molar-refractivity contribution in [1.29, 1.82) is 0 Å². The fraction of sp³-hybridized carbons (Fsp3) is 0.375. The maximum absolute atomic E-state index is 12.6. The highest BCUT2D eigenvalue weighted by Gasteiger charge is 2.26. The van der Waals surface area contributed by atoms with Crippen LogP contribution in [0.25, 0.3) is 0 Å². The van der Waals surface area contributed by atoms with Crippen LogP contribution in [-0.4, -0.2) is 57.7 Å². The predicted octanol–water partition coefficient (Wildman–Crippen LogP) is 0.782. The maximum Gasteiger partial charge on any atom is 0.293 e. The van der Waals surface area contributed by atoms with Gasteiger partial charge in [-0.2, -0.15) is 0 Å². The second-order valence-electron chi connectivity index (χ2n) is 5.67. The van der Waals surface area contributed by atoms with Crippen molar-refractivity contribution in [2.45, 2.75) is 6.10 Å². The third kappa shape index (κ3) is 3.97. The van der Waals surface area contributed by atoms with Crippen molar-refractivity contribution in [3.63, 3.8) is 0 Å². The summed E-state index contributed by atoms with van der Waals surface area (Å²) in [6, 6.07) is 1.60. The number of amides is 1. The van der Waals surface area contributed by atoms with E-state index in [-0.39, 0.29) is 23.4 Å². The van der Waals surface area contributed by atoms with Gasteiger partial charge >= 0.3 is 0 Å². The monoisotopic (exact) mass is 363 g/mol. The molecule has 0 bridgehead atoms. The van der Waals surface area contributed by atoms with Crippen molar-refractivity contribution >= 4 is 23.3 Å². The third-order valence-corrected chi connectivity index (χ3v) is 4.24. The molecule has 9 heteroatoms. The fourth-order valence-corrected chi connectivity index (χ4v) is 2.78. The summed E-state index contributed by atoms with van der Waals surface area (Å²) in [7, 11) is 1.66. The Morgan fingerprint density at radius 3 is 3.12 bits per heavy atom. The Bertz CT molecular complexity index is 825. The first kappa shape index (κ1) is 17.4. The average molecular weight is 364 g/mol. The Hall–Kier alpha value is -2.45. The van der Waals surface area contributed by atoms with E-state index < -0.39 is 0 Å². The van der Waals surface area contributed by atoms with E-state index in [1.165, 1.54) is 17.0 Å². The number of halogens is 1. The largest absolute Gasteiger partial charge is 0.373 e. The SMILES string of the molecule is Cn1ccnc(NC[C@H]2CN(C(=O)c3ccncc3Cl)CCO2)c1=O. The number of pyridine rings is 1. The summed E-state index contributed by atoms with van der Waals surface area (Å²) in [5.41, 5.74) is 0.207. The van der Waals surface area contributed by atoms with E-state index in [0.29, 0.717) is 36.8 Å². The number of nitrogens with one attached hydrogen (secondary N) is 1. The van der Waals surface area contributed by atoms with E-state index in [2.05, 4.69) is 15.3 Å². The lowest BCUT2D eigenvalue weighted by Gasteiger charge is -2.33. The minimum absolute atomic E-state index is 0.158. The Balaban J connectivity index is 1.63. The number of ether oxygens (including phenoxy) is 1. The van der Waals surface area contributed by atoms with Gasteiger partial charge in [0.05, 0.1) is 23.3 Å². The van der Waals surface area contributed by atoms with Gasteiger partial charge in [-0.1, -0.05) is 11.6 Å². The van der Waals surface area contributed by atoms with Gasteiger partial charge < -0.3 is 19.5 Å².